The quantitative estimate of drug-likeness (QED) is 0.345. The third kappa shape index (κ3) is 8.39. The molecule has 0 bridgehead atoms. The summed E-state index contributed by atoms with van der Waals surface area (Å²) in [5, 5.41) is 0. The van der Waals surface area contributed by atoms with Crippen LogP contribution >= 0.6 is 0 Å². The number of unbranched alkanes of at least 4 members (excludes halogenated alkanes) is 9. The molecule has 2 heteroatoms. The van der Waals surface area contributed by atoms with Gasteiger partial charge in [-0.05, 0) is 25.7 Å². The van der Waals surface area contributed by atoms with Crippen LogP contribution in [0.5, 0.6) is 0 Å². The van der Waals surface area contributed by atoms with Gasteiger partial charge in [0.25, 0.3) is 0 Å². The highest BCUT2D eigenvalue weighted by molar-refractivity contribution is 5.88. The van der Waals surface area contributed by atoms with Crippen molar-refractivity contribution < 1.29 is 9.53 Å². The molecule has 0 aromatic carbocycles. The van der Waals surface area contributed by atoms with Gasteiger partial charge in [-0.1, -0.05) is 70.8 Å². The van der Waals surface area contributed by atoms with Crippen LogP contribution in [0.4, 0.5) is 0 Å². The van der Waals surface area contributed by atoms with E-state index in [-0.39, 0.29) is 5.97 Å². The second-order valence-corrected chi connectivity index (χ2v) is 5.94. The van der Waals surface area contributed by atoms with E-state index in [0.29, 0.717) is 6.61 Å². The lowest BCUT2D eigenvalue weighted by molar-refractivity contribution is -0.139. The Bertz CT molecular complexity index is 281. The van der Waals surface area contributed by atoms with E-state index in [4.69, 9.17) is 4.74 Å². The van der Waals surface area contributed by atoms with Gasteiger partial charge in [0.15, 0.2) is 0 Å². The molecule has 0 fully saturated rings. The second-order valence-electron chi connectivity index (χ2n) is 5.94. The lowest BCUT2D eigenvalue weighted by atomic mass is 10.1. The van der Waals surface area contributed by atoms with E-state index in [9.17, 15) is 4.79 Å². The summed E-state index contributed by atoms with van der Waals surface area (Å²) in [4.78, 5) is 11.6. The Morgan fingerprint density at radius 1 is 1.00 bits per heavy atom. The molecule has 2 nitrogen and oxygen atoms in total. The van der Waals surface area contributed by atoms with Crippen LogP contribution in [0.3, 0.4) is 0 Å². The summed E-state index contributed by atoms with van der Waals surface area (Å²) in [5.41, 5.74) is 0.900. The van der Waals surface area contributed by atoms with Crippen molar-refractivity contribution >= 4 is 5.97 Å². The second kappa shape index (κ2) is 12.0. The van der Waals surface area contributed by atoms with E-state index < -0.39 is 0 Å². The fourth-order valence-corrected chi connectivity index (χ4v) is 2.70. The molecule has 0 saturated heterocycles. The number of carbonyl (C=O) groups is 1. The number of esters is 1. The van der Waals surface area contributed by atoms with E-state index in [1.54, 1.807) is 0 Å². The Hall–Kier alpha value is -0.790. The minimum absolute atomic E-state index is 0.0709. The molecule has 0 heterocycles. The topological polar surface area (TPSA) is 26.3 Å². The van der Waals surface area contributed by atoms with Gasteiger partial charge in [-0.3, -0.25) is 0 Å². The highest BCUT2D eigenvalue weighted by Crippen LogP contribution is 2.18. The molecule has 0 atom stereocenters. The van der Waals surface area contributed by atoms with Crippen molar-refractivity contribution in [2.24, 2.45) is 0 Å². The zero-order valence-corrected chi connectivity index (χ0v) is 13.3. The first-order chi connectivity index (χ1) is 9.84. The van der Waals surface area contributed by atoms with Crippen molar-refractivity contribution in [2.45, 2.75) is 90.4 Å². The number of ether oxygens (including phenoxy) is 1. The minimum Gasteiger partial charge on any atom is -0.462 e. The monoisotopic (exact) mass is 280 g/mol. The average molecular weight is 280 g/mol. The van der Waals surface area contributed by atoms with Crippen LogP contribution in [-0.4, -0.2) is 12.6 Å². The SMILES string of the molecule is CCCCCCCCCCCCOC(=O)C1=CCCC1. The van der Waals surface area contributed by atoms with E-state index in [2.05, 4.69) is 6.92 Å². The van der Waals surface area contributed by atoms with Crippen molar-refractivity contribution in [3.63, 3.8) is 0 Å². The zero-order valence-electron chi connectivity index (χ0n) is 13.3. The molecule has 1 aliphatic rings. The third-order valence-corrected chi connectivity index (χ3v) is 4.03. The predicted octanol–water partition coefficient (Wildman–Crippen LogP) is 5.56. The van der Waals surface area contributed by atoms with E-state index in [1.807, 2.05) is 6.08 Å². The molecule has 0 saturated carbocycles. The summed E-state index contributed by atoms with van der Waals surface area (Å²) in [7, 11) is 0. The molecule has 0 spiro atoms. The number of hydrogen-bond donors (Lipinski definition) is 0. The molecule has 1 rings (SSSR count). The maximum absolute atomic E-state index is 11.6. The molecule has 1 aliphatic carbocycles. The Kier molecular flexibility index (Phi) is 10.3. The number of carbonyl (C=O) groups excluding carboxylic acids is 1. The van der Waals surface area contributed by atoms with Gasteiger partial charge in [0, 0.05) is 5.57 Å². The van der Waals surface area contributed by atoms with Gasteiger partial charge in [-0.2, -0.15) is 0 Å². The van der Waals surface area contributed by atoms with Gasteiger partial charge in [0.2, 0.25) is 0 Å². The van der Waals surface area contributed by atoms with Gasteiger partial charge in [0.05, 0.1) is 6.61 Å². The standard InChI is InChI=1S/C18H32O2/c1-2-3-4-5-6-7-8-9-10-13-16-20-18(19)17-14-11-12-15-17/h14H,2-13,15-16H2,1H3. The van der Waals surface area contributed by atoms with Crippen molar-refractivity contribution in [3.05, 3.63) is 11.6 Å². The molecule has 116 valence electrons. The fourth-order valence-electron chi connectivity index (χ4n) is 2.70. The van der Waals surface area contributed by atoms with Gasteiger partial charge in [-0.25, -0.2) is 4.79 Å². The molecule has 0 aliphatic heterocycles. The zero-order chi connectivity index (χ0) is 14.5. The summed E-state index contributed by atoms with van der Waals surface area (Å²) in [6, 6.07) is 0. The minimum atomic E-state index is -0.0709. The van der Waals surface area contributed by atoms with Crippen molar-refractivity contribution in [3.8, 4) is 0 Å². The number of allylic oxidation sites excluding steroid dienone is 1. The van der Waals surface area contributed by atoms with Crippen molar-refractivity contribution in [1.29, 1.82) is 0 Å². The van der Waals surface area contributed by atoms with E-state index in [0.717, 1.165) is 31.3 Å². The van der Waals surface area contributed by atoms with Gasteiger partial charge >= 0.3 is 5.97 Å². The van der Waals surface area contributed by atoms with Crippen LogP contribution in [0.25, 0.3) is 0 Å². The van der Waals surface area contributed by atoms with Crippen molar-refractivity contribution in [1.82, 2.24) is 0 Å². The Balaban J connectivity index is 1.79. The first kappa shape index (κ1) is 17.3. The van der Waals surface area contributed by atoms with Gasteiger partial charge in [0.1, 0.15) is 0 Å². The smallest absolute Gasteiger partial charge is 0.333 e. The van der Waals surface area contributed by atoms with Crippen molar-refractivity contribution in [2.75, 3.05) is 6.61 Å². The molecule has 20 heavy (non-hydrogen) atoms. The number of hydrogen-bond acceptors (Lipinski definition) is 2. The summed E-state index contributed by atoms with van der Waals surface area (Å²) in [6.45, 7) is 2.86. The Morgan fingerprint density at radius 2 is 1.60 bits per heavy atom. The summed E-state index contributed by atoms with van der Waals surface area (Å²) in [6.07, 6.45) is 18.2. The van der Waals surface area contributed by atoms with E-state index >= 15 is 0 Å². The fraction of sp³-hybridized carbons (Fsp3) is 0.833. The summed E-state index contributed by atoms with van der Waals surface area (Å²) < 4.78 is 5.29. The van der Waals surface area contributed by atoms with Gasteiger partial charge in [-0.15, -0.1) is 0 Å². The first-order valence-corrected chi connectivity index (χ1v) is 8.70. The van der Waals surface area contributed by atoms with Crippen LogP contribution < -0.4 is 0 Å². The third-order valence-electron chi connectivity index (χ3n) is 4.03. The van der Waals surface area contributed by atoms with Crippen LogP contribution in [0.15, 0.2) is 11.6 Å². The molecular formula is C18H32O2. The maximum atomic E-state index is 11.6. The Labute approximate surface area is 125 Å². The Morgan fingerprint density at radius 3 is 2.15 bits per heavy atom. The predicted molar refractivity (Wildman–Crippen MR) is 84.7 cm³/mol. The number of rotatable bonds is 12. The van der Waals surface area contributed by atoms with Crippen LogP contribution in [0.2, 0.25) is 0 Å². The molecular weight excluding hydrogens is 248 g/mol. The highest BCUT2D eigenvalue weighted by atomic mass is 16.5. The molecule has 0 unspecified atom stereocenters. The van der Waals surface area contributed by atoms with Crippen LogP contribution in [0.1, 0.15) is 90.4 Å². The molecule has 0 aromatic rings. The van der Waals surface area contributed by atoms with E-state index in [1.165, 1.54) is 57.8 Å². The highest BCUT2D eigenvalue weighted by Gasteiger charge is 2.13. The van der Waals surface area contributed by atoms with Gasteiger partial charge < -0.3 is 4.74 Å². The van der Waals surface area contributed by atoms with Crippen LogP contribution in [0, 0.1) is 0 Å². The molecule has 0 aromatic heterocycles. The summed E-state index contributed by atoms with van der Waals surface area (Å²) >= 11 is 0. The molecule has 0 N–H and O–H groups in total. The largest absolute Gasteiger partial charge is 0.462 e. The normalized spacial score (nSPS) is 14.3. The lowest BCUT2D eigenvalue weighted by Crippen LogP contribution is -2.07. The first-order valence-electron chi connectivity index (χ1n) is 8.70. The molecule has 0 radical (unpaired) electrons. The molecule has 0 amide bonds. The lowest BCUT2D eigenvalue weighted by Gasteiger charge is -2.05. The van der Waals surface area contributed by atoms with Crippen LogP contribution in [-0.2, 0) is 9.53 Å². The maximum Gasteiger partial charge on any atom is 0.333 e. The summed E-state index contributed by atoms with van der Waals surface area (Å²) in [5.74, 6) is -0.0709. The average Bonchev–Trinajstić information content (AvgIpc) is 2.99.